The van der Waals surface area contributed by atoms with Crippen LogP contribution in [0, 0.1) is 12.8 Å². The van der Waals surface area contributed by atoms with Crippen molar-refractivity contribution >= 4 is 12.0 Å². The van der Waals surface area contributed by atoms with E-state index in [1.54, 1.807) is 13.8 Å². The molecular weight excluding hydrogens is 292 g/mol. The number of amides is 2. The number of rotatable bonds is 6. The zero-order valence-corrected chi connectivity index (χ0v) is 14.8. The van der Waals surface area contributed by atoms with E-state index in [1.807, 2.05) is 52.0 Å². The van der Waals surface area contributed by atoms with Gasteiger partial charge in [-0.15, -0.1) is 0 Å². The molecule has 0 radical (unpaired) electrons. The minimum Gasteiger partial charge on any atom is -0.447 e. The van der Waals surface area contributed by atoms with Crippen LogP contribution in [0.2, 0.25) is 0 Å². The maximum atomic E-state index is 12.5. The minimum absolute atomic E-state index is 0.0417. The third-order valence-electron chi connectivity index (χ3n) is 3.50. The molecule has 0 heterocycles. The summed E-state index contributed by atoms with van der Waals surface area (Å²) < 4.78 is 5.05. The molecule has 0 aromatic heterocycles. The van der Waals surface area contributed by atoms with Crippen LogP contribution in [0.3, 0.4) is 0 Å². The molecule has 2 N–H and O–H groups in total. The number of nitrogens with one attached hydrogen (secondary N) is 2. The topological polar surface area (TPSA) is 67.4 Å². The predicted octanol–water partition coefficient (Wildman–Crippen LogP) is 3.33. The van der Waals surface area contributed by atoms with Crippen LogP contribution < -0.4 is 10.6 Å². The number of benzene rings is 1. The van der Waals surface area contributed by atoms with Crippen LogP contribution in [-0.2, 0) is 9.53 Å². The predicted molar refractivity (Wildman–Crippen MR) is 91.1 cm³/mol. The average molecular weight is 320 g/mol. The number of carbonyl (C=O) groups excluding carboxylic acids is 2. The third-order valence-corrected chi connectivity index (χ3v) is 3.50. The number of carbonyl (C=O) groups is 2. The second-order valence-electron chi connectivity index (χ2n) is 6.46. The lowest BCUT2D eigenvalue weighted by atomic mass is 10.0. The summed E-state index contributed by atoms with van der Waals surface area (Å²) in [6.45, 7) is 11.2. The molecule has 2 atom stereocenters. The Morgan fingerprint density at radius 3 is 2.00 bits per heavy atom. The van der Waals surface area contributed by atoms with E-state index in [2.05, 4.69) is 10.6 Å². The summed E-state index contributed by atoms with van der Waals surface area (Å²) in [5, 5.41) is 5.59. The maximum Gasteiger partial charge on any atom is 0.408 e. The van der Waals surface area contributed by atoms with E-state index in [0.717, 1.165) is 5.56 Å². The molecule has 5 heteroatoms. The van der Waals surface area contributed by atoms with Crippen LogP contribution >= 0.6 is 0 Å². The molecule has 1 aromatic carbocycles. The zero-order valence-electron chi connectivity index (χ0n) is 14.8. The molecule has 23 heavy (non-hydrogen) atoms. The molecule has 128 valence electrons. The smallest absolute Gasteiger partial charge is 0.408 e. The first-order chi connectivity index (χ1) is 10.7. The van der Waals surface area contributed by atoms with Crippen LogP contribution in [0.4, 0.5) is 4.79 Å². The van der Waals surface area contributed by atoms with Crippen molar-refractivity contribution in [2.75, 3.05) is 0 Å². The minimum atomic E-state index is -0.630. The van der Waals surface area contributed by atoms with Gasteiger partial charge in [0.2, 0.25) is 5.91 Å². The van der Waals surface area contributed by atoms with Crippen molar-refractivity contribution in [2.45, 2.75) is 59.7 Å². The quantitative estimate of drug-likeness (QED) is 0.845. The molecule has 0 aliphatic rings. The molecule has 0 fully saturated rings. The molecule has 0 bridgehead atoms. The highest BCUT2D eigenvalue weighted by molar-refractivity contribution is 5.86. The summed E-state index contributed by atoms with van der Waals surface area (Å²) in [5.41, 5.74) is 2.20. The third kappa shape index (κ3) is 6.30. The molecule has 0 saturated heterocycles. The normalized spacial score (nSPS) is 13.6. The van der Waals surface area contributed by atoms with E-state index in [-0.39, 0.29) is 24.0 Å². The Kier molecular flexibility index (Phi) is 7.07. The molecule has 1 unspecified atom stereocenters. The molecule has 0 saturated carbocycles. The Morgan fingerprint density at radius 1 is 0.957 bits per heavy atom. The standard InChI is InChI=1S/C18H28N2O3/c1-11(2)16(20-18(22)23-12(3)4)17(21)19-14(6)15-9-7-13(5)8-10-15/h7-12,14,16H,1-6H3,(H,19,21)(H,20,22)/t14?,16-/m1/s1. The molecule has 1 aromatic rings. The number of ether oxygens (including phenoxy) is 1. The molecule has 0 aliphatic heterocycles. The zero-order chi connectivity index (χ0) is 17.6. The molecular formula is C18H28N2O3. The SMILES string of the molecule is Cc1ccc(C(C)NC(=O)[C@H](NC(=O)OC(C)C)C(C)C)cc1. The van der Waals surface area contributed by atoms with Gasteiger partial charge in [0.1, 0.15) is 6.04 Å². The molecule has 1 rings (SSSR count). The van der Waals surface area contributed by atoms with E-state index in [4.69, 9.17) is 4.74 Å². The van der Waals surface area contributed by atoms with Gasteiger partial charge in [-0.1, -0.05) is 43.7 Å². The van der Waals surface area contributed by atoms with Crippen molar-refractivity contribution in [2.24, 2.45) is 5.92 Å². The van der Waals surface area contributed by atoms with Gasteiger partial charge in [-0.25, -0.2) is 4.79 Å². The van der Waals surface area contributed by atoms with Crippen LogP contribution in [0.1, 0.15) is 51.8 Å². The molecule has 0 spiro atoms. The van der Waals surface area contributed by atoms with Gasteiger partial charge in [0, 0.05) is 0 Å². The van der Waals surface area contributed by atoms with Gasteiger partial charge in [-0.05, 0) is 39.2 Å². The van der Waals surface area contributed by atoms with E-state index in [0.29, 0.717) is 0 Å². The van der Waals surface area contributed by atoms with Crippen molar-refractivity contribution < 1.29 is 14.3 Å². The van der Waals surface area contributed by atoms with Gasteiger partial charge in [-0.2, -0.15) is 0 Å². The number of aryl methyl sites for hydroxylation is 1. The Bertz CT molecular complexity index is 524. The summed E-state index contributed by atoms with van der Waals surface area (Å²) in [7, 11) is 0. The number of hydrogen-bond donors (Lipinski definition) is 2. The van der Waals surface area contributed by atoms with Crippen molar-refractivity contribution in [1.29, 1.82) is 0 Å². The largest absolute Gasteiger partial charge is 0.447 e. The van der Waals surface area contributed by atoms with Crippen molar-refractivity contribution in [3.05, 3.63) is 35.4 Å². The Labute approximate surface area is 138 Å². The highest BCUT2D eigenvalue weighted by atomic mass is 16.6. The van der Waals surface area contributed by atoms with Gasteiger partial charge in [0.05, 0.1) is 12.1 Å². The lowest BCUT2D eigenvalue weighted by molar-refractivity contribution is -0.124. The Hall–Kier alpha value is -2.04. The lowest BCUT2D eigenvalue weighted by Gasteiger charge is -2.24. The first-order valence-corrected chi connectivity index (χ1v) is 8.04. The van der Waals surface area contributed by atoms with E-state index >= 15 is 0 Å². The van der Waals surface area contributed by atoms with E-state index < -0.39 is 12.1 Å². The fourth-order valence-corrected chi connectivity index (χ4v) is 2.15. The fraction of sp³-hybridized carbons (Fsp3) is 0.556. The summed E-state index contributed by atoms with van der Waals surface area (Å²) in [6.07, 6.45) is -0.797. The lowest BCUT2D eigenvalue weighted by Crippen LogP contribution is -2.50. The summed E-state index contributed by atoms with van der Waals surface area (Å²) in [6, 6.07) is 7.24. The maximum absolute atomic E-state index is 12.5. The van der Waals surface area contributed by atoms with Crippen LogP contribution in [0.5, 0.6) is 0 Å². The molecule has 5 nitrogen and oxygen atoms in total. The number of hydrogen-bond acceptors (Lipinski definition) is 3. The van der Waals surface area contributed by atoms with Gasteiger partial charge >= 0.3 is 6.09 Å². The van der Waals surface area contributed by atoms with Crippen LogP contribution in [0.15, 0.2) is 24.3 Å². The summed E-state index contributed by atoms with van der Waals surface area (Å²) in [5.74, 6) is -0.256. The first-order valence-electron chi connectivity index (χ1n) is 8.04. The van der Waals surface area contributed by atoms with Gasteiger partial charge in [0.15, 0.2) is 0 Å². The Morgan fingerprint density at radius 2 is 1.52 bits per heavy atom. The summed E-state index contributed by atoms with van der Waals surface area (Å²) >= 11 is 0. The first kappa shape index (κ1) is 19.0. The van der Waals surface area contributed by atoms with Gasteiger partial charge in [-0.3, -0.25) is 4.79 Å². The monoisotopic (exact) mass is 320 g/mol. The van der Waals surface area contributed by atoms with Crippen molar-refractivity contribution in [3.8, 4) is 0 Å². The molecule has 2 amide bonds. The van der Waals surface area contributed by atoms with Crippen molar-refractivity contribution in [1.82, 2.24) is 10.6 Å². The van der Waals surface area contributed by atoms with Gasteiger partial charge in [0.25, 0.3) is 0 Å². The summed E-state index contributed by atoms with van der Waals surface area (Å²) in [4.78, 5) is 24.2. The fourth-order valence-electron chi connectivity index (χ4n) is 2.15. The average Bonchev–Trinajstić information content (AvgIpc) is 2.44. The highest BCUT2D eigenvalue weighted by Gasteiger charge is 2.26. The van der Waals surface area contributed by atoms with E-state index in [1.165, 1.54) is 5.56 Å². The van der Waals surface area contributed by atoms with E-state index in [9.17, 15) is 9.59 Å². The second-order valence-corrected chi connectivity index (χ2v) is 6.46. The Balaban J connectivity index is 2.70. The number of alkyl carbamates (subject to hydrolysis) is 1. The van der Waals surface area contributed by atoms with Crippen LogP contribution in [0.25, 0.3) is 0 Å². The van der Waals surface area contributed by atoms with Crippen molar-refractivity contribution in [3.63, 3.8) is 0 Å². The second kappa shape index (κ2) is 8.56. The van der Waals surface area contributed by atoms with Crippen LogP contribution in [-0.4, -0.2) is 24.1 Å². The molecule has 0 aliphatic carbocycles. The van der Waals surface area contributed by atoms with Gasteiger partial charge < -0.3 is 15.4 Å². The highest BCUT2D eigenvalue weighted by Crippen LogP contribution is 2.14.